The van der Waals surface area contributed by atoms with Crippen molar-refractivity contribution in [2.24, 2.45) is 0 Å². The molecule has 1 rings (SSSR count). The van der Waals surface area contributed by atoms with Crippen molar-refractivity contribution in [3.05, 3.63) is 11.6 Å². The van der Waals surface area contributed by atoms with Crippen LogP contribution in [0.15, 0.2) is 11.6 Å². The third-order valence-corrected chi connectivity index (χ3v) is 4.34. The first-order valence-corrected chi connectivity index (χ1v) is 6.38. The summed E-state index contributed by atoms with van der Waals surface area (Å²) in [6.45, 7) is 1.97. The van der Waals surface area contributed by atoms with Gasteiger partial charge in [-0.05, 0) is 0 Å². The van der Waals surface area contributed by atoms with Crippen LogP contribution in [0.4, 0.5) is 0 Å². The van der Waals surface area contributed by atoms with Crippen LogP contribution in [0.2, 0.25) is 0 Å². The van der Waals surface area contributed by atoms with E-state index >= 15 is 0 Å². The third kappa shape index (κ3) is 1.84. The van der Waals surface area contributed by atoms with Gasteiger partial charge in [-0.1, -0.05) is 0 Å². The molecule has 10 heavy (non-hydrogen) atoms. The molecular weight excluding hydrogens is 143 g/mol. The molecule has 0 spiro atoms. The zero-order valence-electron chi connectivity index (χ0n) is 6.22. The van der Waals surface area contributed by atoms with Crippen LogP contribution in [0.1, 0.15) is 6.42 Å². The van der Waals surface area contributed by atoms with Gasteiger partial charge in [0.25, 0.3) is 0 Å². The van der Waals surface area contributed by atoms with Crippen LogP contribution in [0.3, 0.4) is 0 Å². The minimum absolute atomic E-state index is 0.781. The average Bonchev–Trinajstić information content (AvgIpc) is 1.86. The van der Waals surface area contributed by atoms with E-state index in [0.29, 0.717) is 0 Å². The van der Waals surface area contributed by atoms with Gasteiger partial charge in [0.05, 0.1) is 0 Å². The van der Waals surface area contributed by atoms with Gasteiger partial charge in [0, 0.05) is 0 Å². The van der Waals surface area contributed by atoms with E-state index in [-0.39, 0.29) is 0 Å². The Morgan fingerprint density at radius 3 is 2.90 bits per heavy atom. The second-order valence-electron chi connectivity index (χ2n) is 3.09. The van der Waals surface area contributed by atoms with Gasteiger partial charge in [0.15, 0.2) is 0 Å². The number of hydrogen-bond donors (Lipinski definition) is 1. The molecule has 0 aromatic carbocycles. The van der Waals surface area contributed by atoms with Crippen molar-refractivity contribution >= 4 is 7.49 Å². The Kier molecular flexibility index (Phi) is 2.14. The maximum absolute atomic E-state index is 9.68. The Morgan fingerprint density at radius 2 is 2.50 bits per heavy atom. The van der Waals surface area contributed by atoms with Crippen LogP contribution in [0.5, 0.6) is 0 Å². The first-order valence-electron chi connectivity index (χ1n) is 3.52. The summed E-state index contributed by atoms with van der Waals surface area (Å²) >= 11 is 0. The van der Waals surface area contributed by atoms with Crippen LogP contribution >= 0.6 is 7.49 Å². The minimum atomic E-state index is -1.89. The number of hydrogen-bond acceptors (Lipinski definition) is 1. The zero-order valence-corrected chi connectivity index (χ0v) is 7.22. The quantitative estimate of drug-likeness (QED) is 0.413. The zero-order chi connectivity index (χ0) is 7.61. The fourth-order valence-electron chi connectivity index (χ4n) is 1.24. The monoisotopic (exact) mass is 156 g/mol. The van der Waals surface area contributed by atoms with Gasteiger partial charge in [-0.2, -0.15) is 0 Å². The van der Waals surface area contributed by atoms with Gasteiger partial charge in [-0.3, -0.25) is 0 Å². The van der Waals surface area contributed by atoms with Crippen molar-refractivity contribution in [2.45, 2.75) is 6.42 Å². The average molecular weight is 156 g/mol. The molecule has 1 nitrogen and oxygen atoms in total. The fraction of sp³-hybridized carbons (Fsp3) is 0.500. The van der Waals surface area contributed by atoms with Crippen molar-refractivity contribution < 1.29 is 4.89 Å². The van der Waals surface area contributed by atoms with E-state index in [9.17, 15) is 4.89 Å². The van der Waals surface area contributed by atoms with Gasteiger partial charge in [-0.15, -0.1) is 0 Å². The van der Waals surface area contributed by atoms with E-state index in [0.717, 1.165) is 24.3 Å². The Bertz CT molecular complexity index is 198. The van der Waals surface area contributed by atoms with Crippen molar-refractivity contribution in [3.63, 3.8) is 0 Å². The molecular formula is C8H13OP. The van der Waals surface area contributed by atoms with Crippen molar-refractivity contribution in [3.8, 4) is 12.3 Å². The molecule has 1 aliphatic heterocycles. The number of rotatable bonds is 0. The van der Waals surface area contributed by atoms with Gasteiger partial charge in [-0.25, -0.2) is 0 Å². The van der Waals surface area contributed by atoms with Gasteiger partial charge >= 0.3 is 61.8 Å². The molecule has 0 amide bonds. The molecule has 0 aromatic rings. The van der Waals surface area contributed by atoms with Crippen LogP contribution in [0, 0.1) is 12.3 Å². The normalized spacial score (nSPS) is 26.3. The standard InChI is InChI=1S/C8H13OP/c1-3-8-5-4-6-10(2,9)7-8/h1,5,9-10H,4,6-7H2,2H3. The summed E-state index contributed by atoms with van der Waals surface area (Å²) in [5.74, 6) is 2.60. The molecule has 0 fully saturated rings. The summed E-state index contributed by atoms with van der Waals surface area (Å²) in [6, 6.07) is 0. The molecule has 1 heterocycles. The van der Waals surface area contributed by atoms with E-state index in [1.165, 1.54) is 0 Å². The number of allylic oxidation sites excluding steroid dienone is 2. The van der Waals surface area contributed by atoms with Crippen LogP contribution in [-0.4, -0.2) is 23.9 Å². The van der Waals surface area contributed by atoms with Crippen LogP contribution < -0.4 is 0 Å². The molecule has 0 unspecified atom stereocenters. The van der Waals surface area contributed by atoms with E-state index in [4.69, 9.17) is 6.42 Å². The second kappa shape index (κ2) is 2.74. The first-order chi connectivity index (χ1) is 4.64. The van der Waals surface area contributed by atoms with Crippen LogP contribution in [-0.2, 0) is 0 Å². The summed E-state index contributed by atoms with van der Waals surface area (Å²) in [5.41, 5.74) is 1.00. The topological polar surface area (TPSA) is 20.2 Å². The molecule has 56 valence electrons. The molecule has 2 heteroatoms. The summed E-state index contributed by atoms with van der Waals surface area (Å²) in [7, 11) is -1.89. The molecule has 1 aliphatic rings. The Hall–Kier alpha value is -0.310. The van der Waals surface area contributed by atoms with E-state index in [1.54, 1.807) is 0 Å². The van der Waals surface area contributed by atoms with Crippen molar-refractivity contribution in [1.82, 2.24) is 0 Å². The SMILES string of the molecule is C#CC1=CCC[PH](C)(O)C1. The second-order valence-corrected chi connectivity index (χ2v) is 6.93. The molecule has 0 aliphatic carbocycles. The third-order valence-electron chi connectivity index (χ3n) is 1.83. The van der Waals surface area contributed by atoms with E-state index < -0.39 is 7.49 Å². The van der Waals surface area contributed by atoms with E-state index in [2.05, 4.69) is 12.0 Å². The van der Waals surface area contributed by atoms with Gasteiger partial charge < -0.3 is 0 Å². The predicted octanol–water partition coefficient (Wildman–Crippen LogP) is 1.24. The van der Waals surface area contributed by atoms with Crippen molar-refractivity contribution in [2.75, 3.05) is 19.0 Å². The maximum atomic E-state index is 9.68. The van der Waals surface area contributed by atoms with Crippen molar-refractivity contribution in [1.29, 1.82) is 0 Å². The molecule has 0 aromatic heterocycles. The first kappa shape index (κ1) is 7.79. The Morgan fingerprint density at radius 1 is 1.80 bits per heavy atom. The van der Waals surface area contributed by atoms with E-state index in [1.807, 2.05) is 6.66 Å². The molecule has 0 saturated carbocycles. The number of terminal acetylenes is 1. The molecule has 1 N–H and O–H groups in total. The Balaban J connectivity index is 2.68. The molecule has 0 atom stereocenters. The van der Waals surface area contributed by atoms with Gasteiger partial charge in [0.1, 0.15) is 0 Å². The fourth-order valence-corrected chi connectivity index (χ4v) is 3.25. The molecule has 0 radical (unpaired) electrons. The Labute approximate surface area is 62.6 Å². The van der Waals surface area contributed by atoms with Crippen LogP contribution in [0.25, 0.3) is 0 Å². The summed E-state index contributed by atoms with van der Waals surface area (Å²) in [4.78, 5) is 9.68. The summed E-state index contributed by atoms with van der Waals surface area (Å²) in [5, 5.41) is 0. The summed E-state index contributed by atoms with van der Waals surface area (Å²) in [6.07, 6.45) is 10.0. The molecule has 0 saturated heterocycles. The molecule has 0 bridgehead atoms. The predicted molar refractivity (Wildman–Crippen MR) is 47.7 cm³/mol. The summed E-state index contributed by atoms with van der Waals surface area (Å²) < 4.78 is 0. The van der Waals surface area contributed by atoms with Gasteiger partial charge in [0.2, 0.25) is 0 Å².